The van der Waals surface area contributed by atoms with E-state index in [-0.39, 0.29) is 11.6 Å². The van der Waals surface area contributed by atoms with Gasteiger partial charge in [-0.1, -0.05) is 72.8 Å². The lowest BCUT2D eigenvalue weighted by atomic mass is 9.58. The van der Waals surface area contributed by atoms with Gasteiger partial charge in [0.15, 0.2) is 11.6 Å². The van der Waals surface area contributed by atoms with Gasteiger partial charge in [0.05, 0.1) is 11.0 Å². The van der Waals surface area contributed by atoms with Crippen molar-refractivity contribution in [2.75, 3.05) is 13.6 Å². The van der Waals surface area contributed by atoms with Crippen LogP contribution in [0.25, 0.3) is 10.8 Å². The molecule has 0 saturated carbocycles. The van der Waals surface area contributed by atoms with Crippen LogP contribution in [-0.4, -0.2) is 30.1 Å². The first-order valence-electron chi connectivity index (χ1n) is 12.3. The fourth-order valence-corrected chi connectivity index (χ4v) is 7.52. The molecule has 1 saturated heterocycles. The molecule has 4 aromatic carbocycles. The number of carbonyl (C=O) groups excluding carboxylic acids is 2. The van der Waals surface area contributed by atoms with Crippen LogP contribution in [0.1, 0.15) is 48.9 Å². The molecule has 0 radical (unpaired) electrons. The summed E-state index contributed by atoms with van der Waals surface area (Å²) in [5.74, 6) is -0.707. The van der Waals surface area contributed by atoms with Crippen LogP contribution in [-0.2, 0) is 18.1 Å². The SMILES string of the molecule is CN1C[C@H](c2ccc(C(F)(F)F)cc2)[C@]2(Cc3ccccc3C2=O)[C@]12C(=O)c1cccc3cccc2c13. The first-order chi connectivity index (χ1) is 17.7. The highest BCUT2D eigenvalue weighted by atomic mass is 19.4. The molecule has 1 heterocycles. The molecule has 7 rings (SSSR count). The highest BCUT2D eigenvalue weighted by Crippen LogP contribution is 2.67. The Labute approximate surface area is 211 Å². The molecule has 6 heteroatoms. The number of alkyl halides is 3. The van der Waals surface area contributed by atoms with Gasteiger partial charge in [0.25, 0.3) is 0 Å². The van der Waals surface area contributed by atoms with E-state index < -0.39 is 28.6 Å². The molecule has 1 aliphatic heterocycles. The summed E-state index contributed by atoms with van der Waals surface area (Å²) >= 11 is 0. The number of benzene rings is 4. The molecule has 0 N–H and O–H groups in total. The molecule has 0 unspecified atom stereocenters. The van der Waals surface area contributed by atoms with Crippen molar-refractivity contribution in [3.63, 3.8) is 0 Å². The third-order valence-electron chi connectivity index (χ3n) is 8.91. The van der Waals surface area contributed by atoms with Gasteiger partial charge < -0.3 is 0 Å². The van der Waals surface area contributed by atoms with Crippen LogP contribution in [0.3, 0.4) is 0 Å². The molecule has 3 nitrogen and oxygen atoms in total. The van der Waals surface area contributed by atoms with Crippen molar-refractivity contribution in [2.24, 2.45) is 5.41 Å². The lowest BCUT2D eigenvalue weighted by Crippen LogP contribution is -2.57. The first-order valence-corrected chi connectivity index (χ1v) is 12.3. The van der Waals surface area contributed by atoms with Crippen molar-refractivity contribution >= 4 is 22.3 Å². The van der Waals surface area contributed by atoms with Crippen LogP contribution in [0.15, 0.2) is 84.9 Å². The van der Waals surface area contributed by atoms with Gasteiger partial charge in [-0.2, -0.15) is 13.2 Å². The Balaban J connectivity index is 1.52. The van der Waals surface area contributed by atoms with Gasteiger partial charge in [0, 0.05) is 23.6 Å². The van der Waals surface area contributed by atoms with E-state index in [0.717, 1.165) is 34.0 Å². The van der Waals surface area contributed by atoms with E-state index >= 15 is 0 Å². The zero-order chi connectivity index (χ0) is 25.7. The summed E-state index contributed by atoms with van der Waals surface area (Å²) in [7, 11) is 1.87. The fraction of sp³-hybridized carbons (Fsp3) is 0.226. The molecular formula is C31H22F3NO2. The summed E-state index contributed by atoms with van der Waals surface area (Å²) < 4.78 is 40.1. The van der Waals surface area contributed by atoms with Crippen molar-refractivity contribution in [1.82, 2.24) is 4.90 Å². The molecule has 3 aliphatic rings. The van der Waals surface area contributed by atoms with Gasteiger partial charge in [0.2, 0.25) is 0 Å². The number of likely N-dealkylation sites (tertiary alicyclic amines) is 1. The zero-order valence-corrected chi connectivity index (χ0v) is 20.0. The highest BCUT2D eigenvalue weighted by molar-refractivity contribution is 6.24. The third-order valence-corrected chi connectivity index (χ3v) is 8.91. The molecule has 184 valence electrons. The quantitative estimate of drug-likeness (QED) is 0.305. The van der Waals surface area contributed by atoms with E-state index in [1.807, 2.05) is 66.5 Å². The minimum atomic E-state index is -4.46. The third kappa shape index (κ3) is 2.56. The summed E-state index contributed by atoms with van der Waals surface area (Å²) in [4.78, 5) is 31.2. The largest absolute Gasteiger partial charge is 0.416 e. The molecule has 1 fully saturated rings. The number of carbonyl (C=O) groups is 2. The van der Waals surface area contributed by atoms with Gasteiger partial charge in [-0.05, 0) is 53.1 Å². The van der Waals surface area contributed by atoms with Gasteiger partial charge in [0.1, 0.15) is 5.54 Å². The fourth-order valence-electron chi connectivity index (χ4n) is 7.52. The zero-order valence-electron chi connectivity index (χ0n) is 20.0. The lowest BCUT2D eigenvalue weighted by Gasteiger charge is -2.44. The normalized spacial score (nSPS) is 26.6. The predicted molar refractivity (Wildman–Crippen MR) is 134 cm³/mol. The number of hydrogen-bond donors (Lipinski definition) is 0. The maximum atomic E-state index is 14.6. The second-order valence-corrected chi connectivity index (χ2v) is 10.4. The van der Waals surface area contributed by atoms with Gasteiger partial charge in [-0.25, -0.2) is 0 Å². The van der Waals surface area contributed by atoms with E-state index in [2.05, 4.69) is 0 Å². The van der Waals surface area contributed by atoms with Crippen molar-refractivity contribution < 1.29 is 22.8 Å². The van der Waals surface area contributed by atoms with Crippen molar-refractivity contribution in [3.05, 3.63) is 118 Å². The van der Waals surface area contributed by atoms with Crippen LogP contribution in [0.4, 0.5) is 13.2 Å². The number of fused-ring (bicyclic) bond motifs is 3. The molecule has 2 spiro atoms. The average molecular weight is 498 g/mol. The molecule has 0 bridgehead atoms. The van der Waals surface area contributed by atoms with Crippen LogP contribution in [0, 0.1) is 5.41 Å². The second-order valence-electron chi connectivity index (χ2n) is 10.4. The Bertz CT molecular complexity index is 1640. The van der Waals surface area contributed by atoms with Crippen LogP contribution in [0.5, 0.6) is 0 Å². The Morgan fingerprint density at radius 1 is 0.811 bits per heavy atom. The first kappa shape index (κ1) is 22.4. The van der Waals surface area contributed by atoms with Gasteiger partial charge >= 0.3 is 6.18 Å². The minimum Gasteiger partial charge on any atom is -0.293 e. The minimum absolute atomic E-state index is 0.114. The average Bonchev–Trinajstić information content (AvgIpc) is 3.44. The lowest BCUT2D eigenvalue weighted by molar-refractivity contribution is -0.137. The maximum Gasteiger partial charge on any atom is 0.416 e. The van der Waals surface area contributed by atoms with E-state index in [1.54, 1.807) is 6.07 Å². The summed E-state index contributed by atoms with van der Waals surface area (Å²) in [6.07, 6.45) is -4.11. The predicted octanol–water partition coefficient (Wildman–Crippen LogP) is 6.40. The number of nitrogens with zero attached hydrogens (tertiary/aromatic N) is 1. The summed E-state index contributed by atoms with van der Waals surface area (Å²) in [5.41, 5.74) is 0.296. The number of likely N-dealkylation sites (N-methyl/N-ethyl adjacent to an activating group) is 1. The van der Waals surface area contributed by atoms with Gasteiger partial charge in [-0.15, -0.1) is 0 Å². The smallest absolute Gasteiger partial charge is 0.293 e. The standard InChI is InChI=1S/C31H22F3NO2/c1-35-17-25(18-12-14-21(15-13-18)31(32,33)34)29(16-20-6-2-3-9-22(20)27(29)36)30(35)24-11-5-8-19-7-4-10-23(26(19)24)28(30)37/h2-15,25H,16-17H2,1H3/t25-,29+,30+/m1/s1. The Hall–Kier alpha value is -3.77. The number of rotatable bonds is 1. The van der Waals surface area contributed by atoms with Crippen molar-refractivity contribution in [2.45, 2.75) is 24.1 Å². The molecule has 0 amide bonds. The van der Waals surface area contributed by atoms with Crippen LogP contribution >= 0.6 is 0 Å². The molecular weight excluding hydrogens is 475 g/mol. The van der Waals surface area contributed by atoms with Crippen LogP contribution < -0.4 is 0 Å². The van der Waals surface area contributed by atoms with E-state index in [1.165, 1.54) is 12.1 Å². The number of hydrogen-bond acceptors (Lipinski definition) is 3. The Morgan fingerprint density at radius 2 is 1.49 bits per heavy atom. The monoisotopic (exact) mass is 497 g/mol. The van der Waals surface area contributed by atoms with E-state index in [0.29, 0.717) is 29.7 Å². The topological polar surface area (TPSA) is 37.4 Å². The number of ketones is 2. The van der Waals surface area contributed by atoms with Crippen LogP contribution in [0.2, 0.25) is 0 Å². The summed E-state index contributed by atoms with van der Waals surface area (Å²) in [6, 6.07) is 24.0. The van der Waals surface area contributed by atoms with E-state index in [9.17, 15) is 22.8 Å². The Kier molecular flexibility index (Phi) is 4.34. The maximum absolute atomic E-state index is 14.6. The highest BCUT2D eigenvalue weighted by Gasteiger charge is 2.74. The van der Waals surface area contributed by atoms with Crippen molar-refractivity contribution in [3.8, 4) is 0 Å². The summed E-state index contributed by atoms with van der Waals surface area (Å²) in [6.45, 7) is 0.362. The molecule has 4 aromatic rings. The molecule has 0 aromatic heterocycles. The van der Waals surface area contributed by atoms with Crippen molar-refractivity contribution in [1.29, 1.82) is 0 Å². The van der Waals surface area contributed by atoms with Gasteiger partial charge in [-0.3, -0.25) is 14.5 Å². The molecule has 37 heavy (non-hydrogen) atoms. The Morgan fingerprint density at radius 3 is 2.19 bits per heavy atom. The second kappa shape index (κ2) is 7.17. The number of halogens is 3. The molecule has 2 aliphatic carbocycles. The number of Topliss-reactive ketones (excluding diaryl/α,β-unsaturated/α-hetero) is 2. The summed E-state index contributed by atoms with van der Waals surface area (Å²) in [5, 5.41) is 1.79. The van der Waals surface area contributed by atoms with E-state index in [4.69, 9.17) is 0 Å². The molecule has 3 atom stereocenters.